The zero-order valence-electron chi connectivity index (χ0n) is 6.26. The summed E-state index contributed by atoms with van der Waals surface area (Å²) in [4.78, 5) is -0.178. The molecule has 0 aromatic rings. The zero-order chi connectivity index (χ0) is 8.27. The van der Waals surface area contributed by atoms with Gasteiger partial charge in [-0.05, 0) is 11.6 Å². The van der Waals surface area contributed by atoms with Gasteiger partial charge in [0.2, 0.25) is 0 Å². The highest BCUT2D eigenvalue weighted by Crippen LogP contribution is 2.20. The third-order valence-corrected chi connectivity index (χ3v) is 2.29. The molecule has 0 saturated carbocycles. The molecule has 11 heavy (non-hydrogen) atoms. The highest BCUT2D eigenvalue weighted by atomic mass is 79.9. The number of ether oxygens (including phenoxy) is 1. The maximum absolute atomic E-state index is 12.9. The molecule has 2 atom stereocenters. The number of methoxy groups -OCH3 is 1. The van der Waals surface area contributed by atoms with Gasteiger partial charge in [-0.15, -0.1) is 0 Å². The lowest BCUT2D eigenvalue weighted by Crippen LogP contribution is -2.15. The molecule has 0 N–H and O–H groups in total. The summed E-state index contributed by atoms with van der Waals surface area (Å²) in [7, 11) is 1.60. The summed E-state index contributed by atoms with van der Waals surface area (Å²) in [6, 6.07) is 0. The lowest BCUT2D eigenvalue weighted by molar-refractivity contribution is 0.226. The number of allylic oxidation sites excluding steroid dienone is 2. The largest absolute Gasteiger partial charge is 0.380 e. The highest BCUT2D eigenvalue weighted by molar-refractivity contribution is 9.09. The van der Waals surface area contributed by atoms with Gasteiger partial charge >= 0.3 is 0 Å². The number of hydrogen-bond acceptors (Lipinski definition) is 1. The van der Waals surface area contributed by atoms with Crippen LogP contribution in [0.25, 0.3) is 0 Å². The van der Waals surface area contributed by atoms with E-state index in [4.69, 9.17) is 4.74 Å². The van der Waals surface area contributed by atoms with Crippen molar-refractivity contribution in [3.8, 4) is 0 Å². The third-order valence-electron chi connectivity index (χ3n) is 1.48. The molecule has 1 rings (SSSR count). The van der Waals surface area contributed by atoms with Gasteiger partial charge in [-0.1, -0.05) is 28.1 Å². The minimum Gasteiger partial charge on any atom is -0.380 e. The van der Waals surface area contributed by atoms with Crippen molar-refractivity contribution < 1.29 is 9.13 Å². The number of alkyl halides is 2. The monoisotopic (exact) mass is 220 g/mol. The van der Waals surface area contributed by atoms with Crippen molar-refractivity contribution >= 4 is 15.9 Å². The number of rotatable bonds is 2. The van der Waals surface area contributed by atoms with Crippen LogP contribution in [0.4, 0.5) is 4.39 Å². The van der Waals surface area contributed by atoms with Crippen molar-refractivity contribution in [2.24, 2.45) is 0 Å². The fourth-order valence-corrected chi connectivity index (χ4v) is 1.24. The first-order valence-electron chi connectivity index (χ1n) is 3.40. The zero-order valence-corrected chi connectivity index (χ0v) is 7.84. The smallest absolute Gasteiger partial charge is 0.135 e. The molecule has 1 aliphatic carbocycles. The van der Waals surface area contributed by atoms with Crippen molar-refractivity contribution in [2.75, 3.05) is 13.7 Å². The summed E-state index contributed by atoms with van der Waals surface area (Å²) < 4.78 is 17.8. The van der Waals surface area contributed by atoms with Crippen LogP contribution in [0.5, 0.6) is 0 Å². The van der Waals surface area contributed by atoms with Crippen LogP contribution in [0.2, 0.25) is 0 Å². The Morgan fingerprint density at radius 3 is 3.00 bits per heavy atom. The van der Waals surface area contributed by atoms with Gasteiger partial charge in [0.05, 0.1) is 11.4 Å². The van der Waals surface area contributed by atoms with Crippen LogP contribution < -0.4 is 0 Å². The standard InChI is InChI=1S/C8H10BrFO/c1-11-5-6-2-3-7(9)8(10)4-6/h2-4,7-8H,5H2,1H3. The summed E-state index contributed by atoms with van der Waals surface area (Å²) in [5, 5.41) is 0. The van der Waals surface area contributed by atoms with E-state index < -0.39 is 6.17 Å². The molecule has 0 spiro atoms. The topological polar surface area (TPSA) is 9.23 Å². The predicted octanol–water partition coefficient (Wildman–Crippen LogP) is 2.23. The van der Waals surface area contributed by atoms with E-state index in [1.54, 1.807) is 19.3 Å². The van der Waals surface area contributed by atoms with E-state index in [0.29, 0.717) is 6.61 Å². The van der Waals surface area contributed by atoms with Gasteiger partial charge < -0.3 is 4.74 Å². The number of halogens is 2. The van der Waals surface area contributed by atoms with E-state index in [1.807, 2.05) is 6.08 Å². The van der Waals surface area contributed by atoms with Gasteiger partial charge in [0.25, 0.3) is 0 Å². The quantitative estimate of drug-likeness (QED) is 0.649. The highest BCUT2D eigenvalue weighted by Gasteiger charge is 2.16. The molecular formula is C8H10BrFO. The van der Waals surface area contributed by atoms with Crippen LogP contribution in [-0.2, 0) is 4.74 Å². The molecule has 0 amide bonds. The third kappa shape index (κ3) is 2.42. The molecule has 0 aromatic carbocycles. The first-order valence-corrected chi connectivity index (χ1v) is 4.31. The Bertz CT molecular complexity index is 189. The molecule has 0 fully saturated rings. The second-order valence-electron chi connectivity index (χ2n) is 2.42. The number of hydrogen-bond donors (Lipinski definition) is 0. The molecule has 1 nitrogen and oxygen atoms in total. The van der Waals surface area contributed by atoms with Crippen LogP contribution in [-0.4, -0.2) is 24.7 Å². The van der Waals surface area contributed by atoms with E-state index in [0.717, 1.165) is 5.57 Å². The summed E-state index contributed by atoms with van der Waals surface area (Å²) in [5.41, 5.74) is 0.899. The van der Waals surface area contributed by atoms with Crippen LogP contribution in [0.1, 0.15) is 0 Å². The van der Waals surface area contributed by atoms with E-state index in [1.165, 1.54) is 0 Å². The fourth-order valence-electron chi connectivity index (χ4n) is 0.937. The summed E-state index contributed by atoms with van der Waals surface area (Å²) >= 11 is 3.19. The molecular weight excluding hydrogens is 211 g/mol. The average molecular weight is 221 g/mol. The molecule has 3 heteroatoms. The Kier molecular flexibility index (Phi) is 3.27. The minimum atomic E-state index is -0.926. The lowest BCUT2D eigenvalue weighted by atomic mass is 10.1. The van der Waals surface area contributed by atoms with Gasteiger partial charge in [0.1, 0.15) is 6.17 Å². The average Bonchev–Trinajstić information content (AvgIpc) is 1.98. The SMILES string of the molecule is COCC1=CC(F)C(Br)C=C1. The van der Waals surface area contributed by atoms with Crippen LogP contribution >= 0.6 is 15.9 Å². The Hall–Kier alpha value is -0.150. The van der Waals surface area contributed by atoms with E-state index in [-0.39, 0.29) is 4.83 Å². The van der Waals surface area contributed by atoms with Gasteiger partial charge in [0.15, 0.2) is 0 Å². The van der Waals surface area contributed by atoms with Crippen molar-refractivity contribution in [1.29, 1.82) is 0 Å². The lowest BCUT2D eigenvalue weighted by Gasteiger charge is -2.13. The first kappa shape index (κ1) is 8.94. The first-order chi connectivity index (χ1) is 5.24. The normalized spacial score (nSPS) is 30.3. The molecule has 0 bridgehead atoms. The molecule has 62 valence electrons. The summed E-state index contributed by atoms with van der Waals surface area (Å²) in [5.74, 6) is 0. The predicted molar refractivity (Wildman–Crippen MR) is 46.7 cm³/mol. The van der Waals surface area contributed by atoms with Crippen molar-refractivity contribution in [2.45, 2.75) is 11.0 Å². The molecule has 0 radical (unpaired) electrons. The Labute approximate surface area is 74.1 Å². The molecule has 0 saturated heterocycles. The van der Waals surface area contributed by atoms with Crippen molar-refractivity contribution in [1.82, 2.24) is 0 Å². The summed E-state index contributed by atoms with van der Waals surface area (Å²) in [6.45, 7) is 0.483. The Morgan fingerprint density at radius 2 is 2.45 bits per heavy atom. The molecule has 0 aromatic heterocycles. The van der Waals surface area contributed by atoms with Crippen molar-refractivity contribution in [3.63, 3.8) is 0 Å². The van der Waals surface area contributed by atoms with Crippen molar-refractivity contribution in [3.05, 3.63) is 23.8 Å². The maximum atomic E-state index is 12.9. The maximum Gasteiger partial charge on any atom is 0.135 e. The Morgan fingerprint density at radius 1 is 1.73 bits per heavy atom. The second-order valence-corrected chi connectivity index (χ2v) is 3.48. The van der Waals surface area contributed by atoms with Crippen LogP contribution in [0, 0.1) is 0 Å². The molecule has 0 aliphatic heterocycles. The van der Waals surface area contributed by atoms with Crippen LogP contribution in [0.15, 0.2) is 23.8 Å². The van der Waals surface area contributed by atoms with E-state index in [9.17, 15) is 4.39 Å². The molecule has 0 heterocycles. The van der Waals surface area contributed by atoms with Gasteiger partial charge in [-0.2, -0.15) is 0 Å². The van der Waals surface area contributed by atoms with Gasteiger partial charge in [0, 0.05) is 7.11 Å². The van der Waals surface area contributed by atoms with Gasteiger partial charge in [-0.3, -0.25) is 0 Å². The second kappa shape index (κ2) is 4.02. The van der Waals surface area contributed by atoms with E-state index in [2.05, 4.69) is 15.9 Å². The van der Waals surface area contributed by atoms with Crippen LogP contribution in [0.3, 0.4) is 0 Å². The molecule has 2 unspecified atom stereocenters. The van der Waals surface area contributed by atoms with E-state index >= 15 is 0 Å². The van der Waals surface area contributed by atoms with Gasteiger partial charge in [-0.25, -0.2) is 4.39 Å². The minimum absolute atomic E-state index is 0.178. The summed E-state index contributed by atoms with van der Waals surface area (Å²) in [6.07, 6.45) is 4.31. The molecule has 1 aliphatic rings. The fraction of sp³-hybridized carbons (Fsp3) is 0.500. The Balaban J connectivity index is 2.57.